The van der Waals surface area contributed by atoms with Crippen LogP contribution < -0.4 is 0 Å². The first-order valence-corrected chi connectivity index (χ1v) is 12.3. The molecular formula is C33H42O3Y3-6. The smallest absolute Gasteiger partial charge is 0.0492 e. The van der Waals surface area contributed by atoms with E-state index in [1.807, 2.05) is 102 Å². The molecule has 0 amide bonds. The summed E-state index contributed by atoms with van der Waals surface area (Å²) in [5, 5.41) is 0. The molecule has 3 aromatic carbocycles. The van der Waals surface area contributed by atoms with E-state index >= 15 is 0 Å². The summed E-state index contributed by atoms with van der Waals surface area (Å²) in [4.78, 5) is 31.4. The zero-order chi connectivity index (χ0) is 28.2. The Morgan fingerprint density at radius 1 is 0.769 bits per heavy atom. The maximum absolute atomic E-state index is 10.9. The minimum atomic E-state index is -0.0672. The fourth-order valence-corrected chi connectivity index (χ4v) is 2.26. The van der Waals surface area contributed by atoms with Crippen LogP contribution in [-0.2, 0) is 121 Å². The Kier molecular flexibility index (Phi) is 52.6. The SMILES string of the molecule is CC.CC.CC.[CH2-]C(=O)Cc1[c-]cccc1.[CH2-]CC(=O)c1[c-]cccc1.[CH2-]c1ccccc1C[C-]=O.[Y].[Y].[Y]. The summed E-state index contributed by atoms with van der Waals surface area (Å²) in [5.41, 5.74) is 3.39. The first kappa shape index (κ1) is 51.5. The molecule has 6 heteroatoms. The van der Waals surface area contributed by atoms with Crippen LogP contribution in [0.3, 0.4) is 0 Å². The molecule has 39 heavy (non-hydrogen) atoms. The topological polar surface area (TPSA) is 51.2 Å². The summed E-state index contributed by atoms with van der Waals surface area (Å²) >= 11 is 0. The van der Waals surface area contributed by atoms with Crippen LogP contribution >= 0.6 is 0 Å². The van der Waals surface area contributed by atoms with E-state index in [0.717, 1.165) is 16.7 Å². The molecular weight excluding hydrogens is 711 g/mol. The van der Waals surface area contributed by atoms with E-state index < -0.39 is 0 Å². The van der Waals surface area contributed by atoms with Crippen LogP contribution in [0.5, 0.6) is 0 Å². The van der Waals surface area contributed by atoms with E-state index in [1.54, 1.807) is 18.2 Å². The molecule has 0 bridgehead atoms. The van der Waals surface area contributed by atoms with E-state index in [1.165, 1.54) is 0 Å². The third-order valence-corrected chi connectivity index (χ3v) is 3.78. The molecule has 0 N–H and O–H groups in total. The number of hydrogen-bond donors (Lipinski definition) is 0. The molecule has 0 aliphatic heterocycles. The third-order valence-electron chi connectivity index (χ3n) is 3.78. The van der Waals surface area contributed by atoms with Gasteiger partial charge in [-0.25, -0.2) is 0 Å². The van der Waals surface area contributed by atoms with Gasteiger partial charge < -0.3 is 28.2 Å². The molecule has 3 rings (SSSR count). The van der Waals surface area contributed by atoms with E-state index in [9.17, 15) is 14.4 Å². The fraction of sp³-hybridized carbons (Fsp3) is 0.273. The molecule has 0 fully saturated rings. The Labute approximate surface area is 315 Å². The molecule has 0 saturated heterocycles. The Hall–Kier alpha value is -0.278. The predicted octanol–water partition coefficient (Wildman–Crippen LogP) is 7.92. The summed E-state index contributed by atoms with van der Waals surface area (Å²) in [7, 11) is 0. The van der Waals surface area contributed by atoms with Crippen LogP contribution in [0.4, 0.5) is 0 Å². The van der Waals surface area contributed by atoms with Crippen LogP contribution in [0.15, 0.2) is 72.8 Å². The van der Waals surface area contributed by atoms with E-state index in [0.29, 0.717) is 24.8 Å². The molecule has 3 nitrogen and oxygen atoms in total. The second-order valence-corrected chi connectivity index (χ2v) is 6.14. The third kappa shape index (κ3) is 30.5. The van der Waals surface area contributed by atoms with Crippen LogP contribution in [0.25, 0.3) is 0 Å². The van der Waals surface area contributed by atoms with Crippen molar-refractivity contribution in [2.45, 2.75) is 60.8 Å². The largest absolute Gasteiger partial charge is 0.542 e. The number of Topliss-reactive ketones (excluding diaryl/α,β-unsaturated/α-hetero) is 2. The molecule has 0 saturated carbocycles. The van der Waals surface area contributed by atoms with Gasteiger partial charge in [-0.05, 0) is 12.2 Å². The molecule has 0 aliphatic rings. The van der Waals surface area contributed by atoms with Crippen molar-refractivity contribution in [3.8, 4) is 0 Å². The number of ketones is 2. The predicted molar refractivity (Wildman–Crippen MR) is 153 cm³/mol. The van der Waals surface area contributed by atoms with Gasteiger partial charge in [0.25, 0.3) is 0 Å². The van der Waals surface area contributed by atoms with Crippen LogP contribution in [-0.4, -0.2) is 17.9 Å². The number of hydrogen-bond acceptors (Lipinski definition) is 3. The van der Waals surface area contributed by atoms with Gasteiger partial charge in [-0.2, -0.15) is 72.9 Å². The zero-order valence-corrected chi connectivity index (χ0v) is 33.1. The number of carbonyl (C=O) groups excluding carboxylic acids is 3. The number of rotatable bonds is 6. The molecule has 207 valence electrons. The average Bonchev–Trinajstić information content (AvgIpc) is 2.94. The zero-order valence-electron chi connectivity index (χ0n) is 24.6. The van der Waals surface area contributed by atoms with Crippen molar-refractivity contribution >= 4 is 17.9 Å². The van der Waals surface area contributed by atoms with E-state index in [2.05, 4.69) is 32.9 Å². The van der Waals surface area contributed by atoms with Crippen LogP contribution in [0, 0.1) is 32.9 Å². The molecule has 0 aliphatic carbocycles. The number of benzene rings is 3. The quantitative estimate of drug-likeness (QED) is 0.190. The summed E-state index contributed by atoms with van der Waals surface area (Å²) in [6.45, 7) is 22.5. The van der Waals surface area contributed by atoms with Crippen molar-refractivity contribution in [3.05, 3.63) is 128 Å². The van der Waals surface area contributed by atoms with Gasteiger partial charge in [0.1, 0.15) is 0 Å². The summed E-state index contributed by atoms with van der Waals surface area (Å²) in [6, 6.07) is 27.9. The average molecular weight is 753 g/mol. The Balaban J connectivity index is -0.0000000920. The molecule has 0 spiro atoms. The fourth-order valence-electron chi connectivity index (χ4n) is 2.26. The van der Waals surface area contributed by atoms with Gasteiger partial charge >= 0.3 is 0 Å². The van der Waals surface area contributed by atoms with Crippen molar-refractivity contribution in [1.29, 1.82) is 0 Å². The monoisotopic (exact) mass is 753 g/mol. The molecule has 3 aromatic rings. The minimum absolute atomic E-state index is 0. The van der Waals surface area contributed by atoms with Crippen molar-refractivity contribution < 1.29 is 113 Å². The van der Waals surface area contributed by atoms with Crippen LogP contribution in [0.2, 0.25) is 0 Å². The Bertz CT molecular complexity index is 916. The summed E-state index contributed by atoms with van der Waals surface area (Å²) < 4.78 is 0. The van der Waals surface area contributed by atoms with E-state index in [4.69, 9.17) is 0 Å². The maximum atomic E-state index is 10.9. The molecule has 0 unspecified atom stereocenters. The summed E-state index contributed by atoms with van der Waals surface area (Å²) in [5.74, 6) is -0.0250. The Morgan fingerprint density at radius 2 is 1.26 bits per heavy atom. The minimum Gasteiger partial charge on any atom is -0.542 e. The first-order chi connectivity index (χ1) is 17.5. The van der Waals surface area contributed by atoms with Gasteiger partial charge in [-0.3, -0.25) is 6.29 Å². The van der Waals surface area contributed by atoms with Crippen LogP contribution in [0.1, 0.15) is 75.0 Å². The summed E-state index contributed by atoms with van der Waals surface area (Å²) in [6.07, 6.45) is 2.88. The van der Waals surface area contributed by atoms with E-state index in [-0.39, 0.29) is 110 Å². The second kappa shape index (κ2) is 39.9. The van der Waals surface area contributed by atoms with Gasteiger partial charge in [0, 0.05) is 104 Å². The normalized spacial score (nSPS) is 7.56. The van der Waals surface area contributed by atoms with Crippen molar-refractivity contribution in [2.24, 2.45) is 0 Å². The molecule has 0 atom stereocenters. The van der Waals surface area contributed by atoms with Gasteiger partial charge in [0.15, 0.2) is 0 Å². The van der Waals surface area contributed by atoms with Gasteiger partial charge in [-0.15, -0.1) is 48.0 Å². The molecule has 3 radical (unpaired) electrons. The van der Waals surface area contributed by atoms with Crippen molar-refractivity contribution in [2.75, 3.05) is 0 Å². The van der Waals surface area contributed by atoms with Gasteiger partial charge in [0.2, 0.25) is 0 Å². The van der Waals surface area contributed by atoms with Crippen molar-refractivity contribution in [1.82, 2.24) is 0 Å². The first-order valence-electron chi connectivity index (χ1n) is 12.3. The Morgan fingerprint density at radius 3 is 1.64 bits per heavy atom. The molecule has 0 aromatic heterocycles. The second-order valence-electron chi connectivity index (χ2n) is 6.14. The maximum Gasteiger partial charge on any atom is 0.0492 e. The van der Waals surface area contributed by atoms with Crippen molar-refractivity contribution in [3.63, 3.8) is 0 Å². The number of carbonyl (C=O) groups is 2. The van der Waals surface area contributed by atoms with Gasteiger partial charge in [-0.1, -0.05) is 47.6 Å². The standard InChI is InChI=1S/3C9H8O.3C2H6.3Y/c1-8-4-2-3-5-9(8)6-7-10;1-8(10)7-9-5-3-2-4-6-9;1-2-9(10)8-6-4-3-5-7-8;3*1-2;;;/h2-5H,1,6H2;2-5H,1,7H2;3-6H,1-2H2;3*1-2H3;;;/q3*-2;;;;;;. The van der Waals surface area contributed by atoms with Gasteiger partial charge in [0.05, 0.1) is 0 Å². The molecule has 0 heterocycles.